The monoisotopic (exact) mass is 247 g/mol. The third kappa shape index (κ3) is 4.05. The highest BCUT2D eigenvalue weighted by atomic mass is 16.5. The Balaban J connectivity index is 2.67. The van der Waals surface area contributed by atoms with Gasteiger partial charge in [0.25, 0.3) is 5.78 Å². The van der Waals surface area contributed by atoms with Crippen molar-refractivity contribution in [3.05, 3.63) is 35.9 Å². The molecule has 0 spiro atoms. The van der Waals surface area contributed by atoms with Crippen LogP contribution >= 0.6 is 0 Å². The zero-order valence-corrected chi connectivity index (χ0v) is 10.8. The van der Waals surface area contributed by atoms with Crippen molar-refractivity contribution < 1.29 is 14.3 Å². The Morgan fingerprint density at radius 2 is 1.83 bits per heavy atom. The Hall–Kier alpha value is -2.10. The molecule has 0 heterocycles. The van der Waals surface area contributed by atoms with Gasteiger partial charge in [0, 0.05) is 19.8 Å². The van der Waals surface area contributed by atoms with Crippen LogP contribution in [0, 0.1) is 0 Å². The lowest BCUT2D eigenvalue weighted by Gasteiger charge is -2.11. The number of esters is 1. The fourth-order valence-corrected chi connectivity index (χ4v) is 1.33. The van der Waals surface area contributed by atoms with Crippen LogP contribution in [-0.4, -0.2) is 32.5 Å². The molecule has 1 rings (SSSR count). The molecule has 0 saturated heterocycles. The minimum atomic E-state index is -0.821. The van der Waals surface area contributed by atoms with Gasteiger partial charge in [-0.25, -0.2) is 4.79 Å². The van der Waals surface area contributed by atoms with Gasteiger partial charge in [-0.3, -0.25) is 4.79 Å². The molecule has 1 aromatic carbocycles. The molecule has 18 heavy (non-hydrogen) atoms. The summed E-state index contributed by atoms with van der Waals surface area (Å²) in [4.78, 5) is 24.4. The Morgan fingerprint density at radius 3 is 2.33 bits per heavy atom. The summed E-state index contributed by atoms with van der Waals surface area (Å²) in [6, 6.07) is 7.64. The number of carbonyl (C=O) groups excluding carboxylic acids is 2. The van der Waals surface area contributed by atoms with E-state index in [1.54, 1.807) is 13.0 Å². The number of ketones is 1. The summed E-state index contributed by atoms with van der Waals surface area (Å²) in [5.74, 6) is -1.47. The Kier molecular flexibility index (Phi) is 5.11. The van der Waals surface area contributed by atoms with Crippen molar-refractivity contribution in [1.29, 1.82) is 0 Å². The Bertz CT molecular complexity index is 447. The van der Waals surface area contributed by atoms with Gasteiger partial charge in [-0.1, -0.05) is 18.2 Å². The van der Waals surface area contributed by atoms with E-state index in [1.165, 1.54) is 6.08 Å². The molecule has 0 fully saturated rings. The van der Waals surface area contributed by atoms with Crippen LogP contribution in [0.4, 0.5) is 5.69 Å². The van der Waals surface area contributed by atoms with Crippen molar-refractivity contribution in [2.75, 3.05) is 25.6 Å². The summed E-state index contributed by atoms with van der Waals surface area (Å²) in [5.41, 5.74) is 1.93. The van der Waals surface area contributed by atoms with Gasteiger partial charge in [-0.05, 0) is 30.7 Å². The van der Waals surface area contributed by atoms with Crippen LogP contribution in [-0.2, 0) is 14.3 Å². The third-order valence-corrected chi connectivity index (χ3v) is 2.31. The molecule has 0 N–H and O–H groups in total. The van der Waals surface area contributed by atoms with Gasteiger partial charge in [0.15, 0.2) is 0 Å². The zero-order chi connectivity index (χ0) is 13.5. The zero-order valence-electron chi connectivity index (χ0n) is 10.8. The molecule has 0 amide bonds. The lowest BCUT2D eigenvalue weighted by Crippen LogP contribution is -2.14. The van der Waals surface area contributed by atoms with Crippen LogP contribution in [0.3, 0.4) is 0 Å². The van der Waals surface area contributed by atoms with E-state index in [2.05, 4.69) is 4.74 Å². The van der Waals surface area contributed by atoms with Gasteiger partial charge in [-0.2, -0.15) is 0 Å². The average Bonchev–Trinajstić information content (AvgIpc) is 2.36. The number of hydrogen-bond donors (Lipinski definition) is 0. The fourth-order valence-electron chi connectivity index (χ4n) is 1.33. The van der Waals surface area contributed by atoms with Gasteiger partial charge in [-0.15, -0.1) is 0 Å². The summed E-state index contributed by atoms with van der Waals surface area (Å²) in [6.07, 6.45) is 2.82. The van der Waals surface area contributed by atoms with Crippen molar-refractivity contribution in [3.8, 4) is 0 Å². The van der Waals surface area contributed by atoms with Gasteiger partial charge in [0.1, 0.15) is 0 Å². The van der Waals surface area contributed by atoms with E-state index in [1.807, 2.05) is 43.3 Å². The molecule has 0 saturated carbocycles. The number of nitrogens with zero attached hydrogens (tertiary/aromatic N) is 1. The molecular weight excluding hydrogens is 230 g/mol. The highest BCUT2D eigenvalue weighted by molar-refractivity contribution is 6.39. The Morgan fingerprint density at radius 1 is 1.22 bits per heavy atom. The second kappa shape index (κ2) is 6.59. The maximum Gasteiger partial charge on any atom is 0.379 e. The molecule has 0 aliphatic rings. The largest absolute Gasteiger partial charge is 0.460 e. The predicted molar refractivity (Wildman–Crippen MR) is 71.4 cm³/mol. The van der Waals surface area contributed by atoms with E-state index < -0.39 is 11.8 Å². The van der Waals surface area contributed by atoms with Crippen LogP contribution in [0.2, 0.25) is 0 Å². The molecule has 0 aromatic heterocycles. The first kappa shape index (κ1) is 14.0. The average molecular weight is 247 g/mol. The molecule has 4 nitrogen and oxygen atoms in total. The van der Waals surface area contributed by atoms with Gasteiger partial charge < -0.3 is 9.64 Å². The molecule has 1 aromatic rings. The van der Waals surface area contributed by atoms with Crippen molar-refractivity contribution >= 4 is 23.5 Å². The molecule has 0 atom stereocenters. The molecule has 96 valence electrons. The van der Waals surface area contributed by atoms with Gasteiger partial charge >= 0.3 is 5.97 Å². The van der Waals surface area contributed by atoms with E-state index in [4.69, 9.17) is 0 Å². The molecule has 0 aliphatic heterocycles. The third-order valence-electron chi connectivity index (χ3n) is 2.31. The smallest absolute Gasteiger partial charge is 0.379 e. The minimum absolute atomic E-state index is 0.204. The molecular formula is C14H17NO3. The number of ether oxygens (including phenoxy) is 1. The van der Waals surface area contributed by atoms with Crippen LogP contribution in [0.25, 0.3) is 6.08 Å². The molecule has 0 bridgehead atoms. The van der Waals surface area contributed by atoms with Crippen molar-refractivity contribution in [3.63, 3.8) is 0 Å². The number of rotatable bonds is 5. The summed E-state index contributed by atoms with van der Waals surface area (Å²) in [7, 11) is 3.91. The highest BCUT2D eigenvalue weighted by Crippen LogP contribution is 2.13. The van der Waals surface area contributed by atoms with Crippen LogP contribution in [0.15, 0.2) is 30.3 Å². The van der Waals surface area contributed by atoms with Crippen LogP contribution < -0.4 is 4.90 Å². The molecule has 0 radical (unpaired) electrons. The van der Waals surface area contributed by atoms with Gasteiger partial charge in [0.2, 0.25) is 0 Å². The van der Waals surface area contributed by atoms with Crippen LogP contribution in [0.1, 0.15) is 12.5 Å². The normalized spacial score (nSPS) is 10.4. The molecule has 0 unspecified atom stereocenters. The fraction of sp³-hybridized carbons (Fsp3) is 0.286. The van der Waals surface area contributed by atoms with Crippen LogP contribution in [0.5, 0.6) is 0 Å². The first-order valence-electron chi connectivity index (χ1n) is 5.71. The standard InChI is InChI=1S/C14H17NO3/c1-4-18-14(17)13(16)10-7-11-5-8-12(9-6-11)15(2)3/h5-10H,4H2,1-3H3. The quantitative estimate of drug-likeness (QED) is 0.453. The number of benzene rings is 1. The lowest BCUT2D eigenvalue weighted by atomic mass is 10.1. The van der Waals surface area contributed by atoms with E-state index in [9.17, 15) is 9.59 Å². The van der Waals surface area contributed by atoms with Crippen molar-refractivity contribution in [2.45, 2.75) is 6.92 Å². The van der Waals surface area contributed by atoms with Gasteiger partial charge in [0.05, 0.1) is 6.61 Å². The second-order valence-corrected chi connectivity index (χ2v) is 3.90. The molecule has 4 heteroatoms. The minimum Gasteiger partial charge on any atom is -0.460 e. The number of anilines is 1. The lowest BCUT2D eigenvalue weighted by molar-refractivity contribution is -0.151. The maximum atomic E-state index is 11.3. The van der Waals surface area contributed by atoms with E-state index in [-0.39, 0.29) is 6.61 Å². The van der Waals surface area contributed by atoms with E-state index in [0.29, 0.717) is 0 Å². The van der Waals surface area contributed by atoms with E-state index in [0.717, 1.165) is 11.3 Å². The predicted octanol–water partition coefficient (Wildman–Crippen LogP) is 1.90. The van der Waals surface area contributed by atoms with Crippen molar-refractivity contribution in [1.82, 2.24) is 0 Å². The van der Waals surface area contributed by atoms with E-state index >= 15 is 0 Å². The number of carbonyl (C=O) groups is 2. The van der Waals surface area contributed by atoms with Crippen molar-refractivity contribution in [2.24, 2.45) is 0 Å². The topological polar surface area (TPSA) is 46.6 Å². The SMILES string of the molecule is CCOC(=O)C(=O)C=Cc1ccc(N(C)C)cc1. The summed E-state index contributed by atoms with van der Waals surface area (Å²) >= 11 is 0. The maximum absolute atomic E-state index is 11.3. The second-order valence-electron chi connectivity index (χ2n) is 3.90. The Labute approximate surface area is 107 Å². The summed E-state index contributed by atoms with van der Waals surface area (Å²) < 4.78 is 4.60. The number of hydrogen-bond acceptors (Lipinski definition) is 4. The first-order valence-corrected chi connectivity index (χ1v) is 5.71. The highest BCUT2D eigenvalue weighted by Gasteiger charge is 2.09. The molecule has 0 aliphatic carbocycles. The first-order chi connectivity index (χ1) is 8.54. The summed E-state index contributed by atoms with van der Waals surface area (Å²) in [6.45, 7) is 1.87. The summed E-state index contributed by atoms with van der Waals surface area (Å²) in [5, 5.41) is 0.